The van der Waals surface area contributed by atoms with Crippen molar-refractivity contribution in [2.24, 2.45) is 0 Å². The van der Waals surface area contributed by atoms with Crippen molar-refractivity contribution < 1.29 is 34.8 Å². The van der Waals surface area contributed by atoms with Gasteiger partial charge >= 0.3 is 5.97 Å². The molecule has 0 aliphatic heterocycles. The summed E-state index contributed by atoms with van der Waals surface area (Å²) in [5, 5.41) is 36.2. The normalized spacial score (nSPS) is 15.6. The van der Waals surface area contributed by atoms with E-state index in [1.807, 2.05) is 6.92 Å². The molecule has 0 aliphatic carbocycles. The van der Waals surface area contributed by atoms with Gasteiger partial charge in [-0.25, -0.2) is 0 Å². The lowest BCUT2D eigenvalue weighted by Crippen LogP contribution is -2.45. The fraction of sp³-hybridized carbons (Fsp3) is 0.833. The van der Waals surface area contributed by atoms with E-state index < -0.39 is 43.3 Å². The third-order valence-corrected chi connectivity index (χ3v) is 2.59. The molecule has 0 spiro atoms. The lowest BCUT2D eigenvalue weighted by Gasteiger charge is -2.20. The fourth-order valence-corrected chi connectivity index (χ4v) is 1.34. The Morgan fingerprint density at radius 3 is 2.32 bits per heavy atom. The van der Waals surface area contributed by atoms with Crippen LogP contribution in [0.25, 0.3) is 0 Å². The summed E-state index contributed by atoms with van der Waals surface area (Å²) in [6, 6.07) is 0. The molecular formula is C12H22O7. The minimum absolute atomic E-state index is 0.193. The molecule has 0 amide bonds. The van der Waals surface area contributed by atoms with Crippen LogP contribution < -0.4 is 0 Å². The molecule has 0 saturated heterocycles. The number of aliphatic hydroxyl groups excluding tert-OH is 4. The van der Waals surface area contributed by atoms with E-state index in [0.29, 0.717) is 6.42 Å². The maximum absolute atomic E-state index is 11.4. The third-order valence-electron chi connectivity index (χ3n) is 2.59. The van der Waals surface area contributed by atoms with Crippen molar-refractivity contribution in [2.75, 3.05) is 13.2 Å². The number of ether oxygens (including phenoxy) is 1. The summed E-state index contributed by atoms with van der Waals surface area (Å²) in [6.45, 7) is 0.530. The van der Waals surface area contributed by atoms with Gasteiger partial charge in [0.15, 0.2) is 6.61 Å². The van der Waals surface area contributed by atoms with Crippen LogP contribution in [0.1, 0.15) is 32.6 Å². The quantitative estimate of drug-likeness (QED) is 0.291. The minimum atomic E-state index is -1.90. The molecule has 0 fully saturated rings. The van der Waals surface area contributed by atoms with Crippen LogP contribution in [0, 0.1) is 0 Å². The number of ketones is 1. The highest BCUT2D eigenvalue weighted by Gasteiger charge is 2.30. The summed E-state index contributed by atoms with van der Waals surface area (Å²) < 4.78 is 4.63. The van der Waals surface area contributed by atoms with Crippen LogP contribution in [0.4, 0.5) is 0 Å². The smallest absolute Gasteiger partial charge is 0.306 e. The molecule has 0 rings (SSSR count). The molecule has 7 heteroatoms. The molecule has 0 aromatic rings. The van der Waals surface area contributed by atoms with E-state index in [-0.39, 0.29) is 6.42 Å². The second-order valence-electron chi connectivity index (χ2n) is 4.27. The van der Waals surface area contributed by atoms with E-state index in [9.17, 15) is 19.8 Å². The van der Waals surface area contributed by atoms with Gasteiger partial charge in [-0.05, 0) is 6.42 Å². The Morgan fingerprint density at radius 2 is 1.79 bits per heavy atom. The van der Waals surface area contributed by atoms with Crippen LogP contribution >= 0.6 is 0 Å². The molecule has 0 unspecified atom stereocenters. The van der Waals surface area contributed by atoms with Gasteiger partial charge in [0.1, 0.15) is 18.3 Å². The second-order valence-corrected chi connectivity index (χ2v) is 4.27. The molecule has 0 aromatic carbocycles. The standard InChI is InChI=1S/C12H22O7/c1-2-3-4-5-10(16)19-7-9(15)12(18)11(17)8(14)6-13/h8,11-14,17-18H,2-7H2,1H3/t8-,11+,12+/m1/s1. The maximum Gasteiger partial charge on any atom is 0.306 e. The summed E-state index contributed by atoms with van der Waals surface area (Å²) in [5.41, 5.74) is 0. The summed E-state index contributed by atoms with van der Waals surface area (Å²) in [7, 11) is 0. The first-order valence-electron chi connectivity index (χ1n) is 6.27. The number of hydrogen-bond acceptors (Lipinski definition) is 7. The van der Waals surface area contributed by atoms with E-state index in [0.717, 1.165) is 12.8 Å². The molecule has 0 saturated carbocycles. The van der Waals surface area contributed by atoms with Crippen molar-refractivity contribution in [3.63, 3.8) is 0 Å². The average Bonchev–Trinajstić information content (AvgIpc) is 2.42. The van der Waals surface area contributed by atoms with Crippen molar-refractivity contribution in [1.29, 1.82) is 0 Å². The predicted molar refractivity (Wildman–Crippen MR) is 65.2 cm³/mol. The number of hydrogen-bond donors (Lipinski definition) is 4. The van der Waals surface area contributed by atoms with Gasteiger partial charge in [0.2, 0.25) is 5.78 Å². The van der Waals surface area contributed by atoms with Gasteiger partial charge in [0.25, 0.3) is 0 Å². The fourth-order valence-electron chi connectivity index (χ4n) is 1.34. The first kappa shape index (κ1) is 18.0. The van der Waals surface area contributed by atoms with Crippen LogP contribution in [0.5, 0.6) is 0 Å². The zero-order valence-electron chi connectivity index (χ0n) is 11.0. The van der Waals surface area contributed by atoms with Gasteiger partial charge in [-0.3, -0.25) is 9.59 Å². The second kappa shape index (κ2) is 9.85. The summed E-state index contributed by atoms with van der Waals surface area (Å²) in [5.74, 6) is -1.48. The number of rotatable bonds is 10. The summed E-state index contributed by atoms with van der Waals surface area (Å²) >= 11 is 0. The van der Waals surface area contributed by atoms with Crippen molar-refractivity contribution >= 4 is 11.8 Å². The van der Waals surface area contributed by atoms with Gasteiger partial charge in [0.05, 0.1) is 6.61 Å². The Labute approximate surface area is 111 Å². The van der Waals surface area contributed by atoms with E-state index >= 15 is 0 Å². The third kappa shape index (κ3) is 7.22. The Kier molecular flexibility index (Phi) is 9.32. The molecule has 0 radical (unpaired) electrons. The van der Waals surface area contributed by atoms with Gasteiger partial charge in [-0.2, -0.15) is 0 Å². The molecule has 3 atom stereocenters. The van der Waals surface area contributed by atoms with Gasteiger partial charge < -0.3 is 25.2 Å². The zero-order valence-corrected chi connectivity index (χ0v) is 11.0. The van der Waals surface area contributed by atoms with Crippen LogP contribution in [-0.2, 0) is 14.3 Å². The maximum atomic E-state index is 11.4. The molecule has 7 nitrogen and oxygen atoms in total. The lowest BCUT2D eigenvalue weighted by molar-refractivity contribution is -0.155. The number of carbonyl (C=O) groups is 2. The van der Waals surface area contributed by atoms with Gasteiger partial charge in [-0.15, -0.1) is 0 Å². The Morgan fingerprint density at radius 1 is 1.16 bits per heavy atom. The Balaban J connectivity index is 3.99. The van der Waals surface area contributed by atoms with Gasteiger partial charge in [0, 0.05) is 6.42 Å². The van der Waals surface area contributed by atoms with Crippen LogP contribution in [0.2, 0.25) is 0 Å². The topological polar surface area (TPSA) is 124 Å². The van der Waals surface area contributed by atoms with E-state index in [4.69, 9.17) is 10.2 Å². The van der Waals surface area contributed by atoms with E-state index in [1.54, 1.807) is 0 Å². The Hall–Kier alpha value is -1.02. The summed E-state index contributed by atoms with van der Waals surface area (Å²) in [6.07, 6.45) is -2.64. The molecule has 0 bridgehead atoms. The average molecular weight is 278 g/mol. The molecule has 112 valence electrons. The SMILES string of the molecule is CCCCCC(=O)OCC(=O)[C@H](O)[C@@H](O)[C@H](O)CO. The first-order valence-corrected chi connectivity index (χ1v) is 6.27. The number of unbranched alkanes of at least 4 members (excludes halogenated alkanes) is 2. The number of Topliss-reactive ketones (excluding diaryl/α,β-unsaturated/α-hetero) is 1. The highest BCUT2D eigenvalue weighted by Crippen LogP contribution is 2.04. The lowest BCUT2D eigenvalue weighted by atomic mass is 10.1. The van der Waals surface area contributed by atoms with Crippen LogP contribution in [0.15, 0.2) is 0 Å². The highest BCUT2D eigenvalue weighted by atomic mass is 16.5. The van der Waals surface area contributed by atoms with Crippen molar-refractivity contribution in [1.82, 2.24) is 0 Å². The summed E-state index contributed by atoms with van der Waals surface area (Å²) in [4.78, 5) is 22.6. The first-order chi connectivity index (χ1) is 8.93. The van der Waals surface area contributed by atoms with Crippen molar-refractivity contribution in [2.45, 2.75) is 50.9 Å². The molecular weight excluding hydrogens is 256 g/mol. The van der Waals surface area contributed by atoms with Gasteiger partial charge in [-0.1, -0.05) is 19.8 Å². The largest absolute Gasteiger partial charge is 0.458 e. The van der Waals surface area contributed by atoms with Crippen LogP contribution in [0.3, 0.4) is 0 Å². The zero-order chi connectivity index (χ0) is 14.8. The number of aliphatic hydroxyl groups is 4. The monoisotopic (exact) mass is 278 g/mol. The molecule has 0 heterocycles. The molecule has 4 N–H and O–H groups in total. The van der Waals surface area contributed by atoms with Crippen molar-refractivity contribution in [3.8, 4) is 0 Å². The minimum Gasteiger partial charge on any atom is -0.458 e. The van der Waals surface area contributed by atoms with Crippen molar-refractivity contribution in [3.05, 3.63) is 0 Å². The van der Waals surface area contributed by atoms with E-state index in [2.05, 4.69) is 4.74 Å². The van der Waals surface area contributed by atoms with Crippen LogP contribution in [-0.4, -0.2) is 63.7 Å². The highest BCUT2D eigenvalue weighted by molar-refractivity contribution is 5.86. The molecule has 19 heavy (non-hydrogen) atoms. The molecule has 0 aromatic heterocycles. The Bertz CT molecular complexity index is 279. The number of esters is 1. The predicted octanol–water partition coefficient (Wildman–Crippen LogP) is -1.25. The number of carbonyl (C=O) groups excluding carboxylic acids is 2. The molecule has 0 aliphatic rings. The van der Waals surface area contributed by atoms with E-state index in [1.165, 1.54) is 0 Å².